The fourth-order valence-corrected chi connectivity index (χ4v) is 2.28. The van der Waals surface area contributed by atoms with Gasteiger partial charge in [-0.2, -0.15) is 0 Å². The Kier molecular flexibility index (Phi) is 5.87. The Bertz CT molecular complexity index is 86.1. The third-order valence-corrected chi connectivity index (χ3v) is 3.47. The molecule has 0 aromatic carbocycles. The average Bonchev–Trinajstić information content (AvgIpc) is 1.85. The van der Waals surface area contributed by atoms with Crippen molar-refractivity contribution in [2.75, 3.05) is 0 Å². The topological polar surface area (TPSA) is 20.2 Å². The Morgan fingerprint density at radius 1 is 1.00 bits per heavy atom. The van der Waals surface area contributed by atoms with Crippen molar-refractivity contribution in [3.05, 3.63) is 0 Å². The van der Waals surface area contributed by atoms with Crippen LogP contribution < -0.4 is 0 Å². The van der Waals surface area contributed by atoms with E-state index in [0.717, 1.165) is 6.04 Å². The van der Waals surface area contributed by atoms with Crippen LogP contribution in [0.15, 0.2) is 0 Å². The van der Waals surface area contributed by atoms with Crippen molar-refractivity contribution in [1.29, 1.82) is 0 Å². The molecule has 68 valence electrons. The molecule has 0 aromatic heterocycles. The molecule has 0 fully saturated rings. The van der Waals surface area contributed by atoms with E-state index in [-0.39, 0.29) is 0 Å². The number of rotatable bonds is 6. The van der Waals surface area contributed by atoms with Gasteiger partial charge in [-0.15, -0.1) is 0 Å². The Balaban J connectivity index is 3.02. The van der Waals surface area contributed by atoms with Gasteiger partial charge in [0.25, 0.3) is 0 Å². The molecule has 0 spiro atoms. The van der Waals surface area contributed by atoms with E-state index in [2.05, 4.69) is 6.92 Å². The first-order valence-electron chi connectivity index (χ1n) is 4.78. The molecular formula is C9H22OSi. The zero-order valence-electron chi connectivity index (χ0n) is 8.19. The number of hydrogen-bond acceptors (Lipinski definition) is 1. The summed E-state index contributed by atoms with van der Waals surface area (Å²) < 4.78 is 0. The zero-order chi connectivity index (χ0) is 8.74. The minimum Gasteiger partial charge on any atom is -0.432 e. The minimum absolute atomic E-state index is 1.08. The molecule has 1 N–H and O–H groups in total. The first-order valence-corrected chi connectivity index (χ1v) is 7.94. The molecule has 0 saturated carbocycles. The van der Waals surface area contributed by atoms with Crippen molar-refractivity contribution in [3.8, 4) is 0 Å². The Hall–Kier alpha value is 0.177. The summed E-state index contributed by atoms with van der Waals surface area (Å²) in [5, 5.41) is 0. The standard InChI is InChI=1S/C9H22OSi/c1-4-5-6-7-8-9-11(2,3)10/h10H,4-9H2,1-3H3. The van der Waals surface area contributed by atoms with Crippen molar-refractivity contribution in [1.82, 2.24) is 0 Å². The van der Waals surface area contributed by atoms with Crippen molar-refractivity contribution in [2.45, 2.75) is 58.2 Å². The molecule has 0 heterocycles. The molecule has 0 radical (unpaired) electrons. The van der Waals surface area contributed by atoms with Crippen LogP contribution >= 0.6 is 0 Å². The largest absolute Gasteiger partial charge is 0.432 e. The Morgan fingerprint density at radius 2 is 1.55 bits per heavy atom. The van der Waals surface area contributed by atoms with Crippen molar-refractivity contribution < 1.29 is 4.80 Å². The molecular weight excluding hydrogens is 152 g/mol. The lowest BCUT2D eigenvalue weighted by Crippen LogP contribution is -2.23. The van der Waals surface area contributed by atoms with Gasteiger partial charge < -0.3 is 4.80 Å². The van der Waals surface area contributed by atoms with Gasteiger partial charge in [-0.1, -0.05) is 39.0 Å². The van der Waals surface area contributed by atoms with Crippen LogP contribution in [0.5, 0.6) is 0 Å². The molecule has 0 saturated heterocycles. The highest BCUT2D eigenvalue weighted by Crippen LogP contribution is 2.12. The first kappa shape index (κ1) is 11.2. The monoisotopic (exact) mass is 174 g/mol. The minimum atomic E-state index is -1.72. The van der Waals surface area contributed by atoms with Gasteiger partial charge in [-0.05, 0) is 19.1 Å². The maximum atomic E-state index is 9.51. The number of unbranched alkanes of at least 4 members (excludes halogenated alkanes) is 4. The van der Waals surface area contributed by atoms with Gasteiger partial charge in [0.15, 0.2) is 8.32 Å². The van der Waals surface area contributed by atoms with Gasteiger partial charge >= 0.3 is 0 Å². The van der Waals surface area contributed by atoms with Gasteiger partial charge in [-0.25, -0.2) is 0 Å². The molecule has 0 aliphatic carbocycles. The second-order valence-electron chi connectivity index (χ2n) is 3.98. The van der Waals surface area contributed by atoms with Gasteiger partial charge in [-0.3, -0.25) is 0 Å². The summed E-state index contributed by atoms with van der Waals surface area (Å²) in [4.78, 5) is 9.51. The first-order chi connectivity index (χ1) is 5.06. The second kappa shape index (κ2) is 5.78. The van der Waals surface area contributed by atoms with Crippen LogP contribution in [0.3, 0.4) is 0 Å². The summed E-state index contributed by atoms with van der Waals surface area (Å²) >= 11 is 0. The zero-order valence-corrected chi connectivity index (χ0v) is 9.19. The van der Waals surface area contributed by atoms with Crippen LogP contribution in [-0.2, 0) is 0 Å². The summed E-state index contributed by atoms with van der Waals surface area (Å²) in [6.45, 7) is 6.27. The maximum Gasteiger partial charge on any atom is 0.182 e. The summed E-state index contributed by atoms with van der Waals surface area (Å²) in [6.07, 6.45) is 6.55. The third-order valence-electron chi connectivity index (χ3n) is 1.89. The molecule has 0 atom stereocenters. The lowest BCUT2D eigenvalue weighted by molar-refractivity contribution is 0.537. The quantitative estimate of drug-likeness (QED) is 0.484. The third kappa shape index (κ3) is 10.2. The van der Waals surface area contributed by atoms with Gasteiger partial charge in [0, 0.05) is 0 Å². The van der Waals surface area contributed by atoms with Crippen LogP contribution in [0.2, 0.25) is 19.1 Å². The molecule has 0 unspecified atom stereocenters. The summed E-state index contributed by atoms with van der Waals surface area (Å²) in [5.74, 6) is 0. The van der Waals surface area contributed by atoms with Crippen LogP contribution in [0.4, 0.5) is 0 Å². The van der Waals surface area contributed by atoms with Crippen LogP contribution in [-0.4, -0.2) is 13.1 Å². The molecule has 11 heavy (non-hydrogen) atoms. The van der Waals surface area contributed by atoms with E-state index >= 15 is 0 Å². The molecule has 2 heteroatoms. The fraction of sp³-hybridized carbons (Fsp3) is 1.00. The van der Waals surface area contributed by atoms with Gasteiger partial charge in [0.1, 0.15) is 0 Å². The van der Waals surface area contributed by atoms with Gasteiger partial charge in [0.05, 0.1) is 0 Å². The van der Waals surface area contributed by atoms with E-state index in [4.69, 9.17) is 0 Å². The SMILES string of the molecule is CCCCCCC[Si](C)(C)O. The predicted molar refractivity (Wildman–Crippen MR) is 53.3 cm³/mol. The molecule has 0 aromatic rings. The van der Waals surface area contributed by atoms with Gasteiger partial charge in [0.2, 0.25) is 0 Å². The Labute approximate surface area is 72.0 Å². The second-order valence-corrected chi connectivity index (χ2v) is 8.10. The molecule has 1 nitrogen and oxygen atoms in total. The molecule has 0 bridgehead atoms. The van der Waals surface area contributed by atoms with E-state index in [9.17, 15) is 4.80 Å². The van der Waals surface area contributed by atoms with E-state index in [1.54, 1.807) is 0 Å². The van der Waals surface area contributed by atoms with Crippen LogP contribution in [0.1, 0.15) is 39.0 Å². The van der Waals surface area contributed by atoms with Crippen LogP contribution in [0.25, 0.3) is 0 Å². The maximum absolute atomic E-state index is 9.51. The fourth-order valence-electron chi connectivity index (χ4n) is 1.16. The lowest BCUT2D eigenvalue weighted by atomic mass is 10.2. The summed E-state index contributed by atoms with van der Waals surface area (Å²) in [5.41, 5.74) is 0. The highest BCUT2D eigenvalue weighted by Gasteiger charge is 2.14. The van der Waals surface area contributed by atoms with E-state index in [1.165, 1.54) is 32.1 Å². The smallest absolute Gasteiger partial charge is 0.182 e. The van der Waals surface area contributed by atoms with Crippen LogP contribution in [0, 0.1) is 0 Å². The highest BCUT2D eigenvalue weighted by atomic mass is 28.4. The lowest BCUT2D eigenvalue weighted by Gasteiger charge is -2.12. The van der Waals surface area contributed by atoms with E-state index in [0.29, 0.717) is 0 Å². The molecule has 0 rings (SSSR count). The van der Waals surface area contributed by atoms with E-state index < -0.39 is 8.32 Å². The van der Waals surface area contributed by atoms with E-state index in [1.807, 2.05) is 13.1 Å². The number of hydrogen-bond donors (Lipinski definition) is 1. The van der Waals surface area contributed by atoms with Crippen molar-refractivity contribution in [3.63, 3.8) is 0 Å². The van der Waals surface area contributed by atoms with Crippen molar-refractivity contribution >= 4 is 8.32 Å². The average molecular weight is 174 g/mol. The summed E-state index contributed by atoms with van der Waals surface area (Å²) in [7, 11) is -1.72. The summed E-state index contributed by atoms with van der Waals surface area (Å²) in [6, 6.07) is 1.08. The predicted octanol–water partition coefficient (Wildman–Crippen LogP) is 3.15. The molecule has 0 aliphatic rings. The highest BCUT2D eigenvalue weighted by molar-refractivity contribution is 6.69. The molecule has 0 amide bonds. The molecule has 0 aliphatic heterocycles. The van der Waals surface area contributed by atoms with Crippen molar-refractivity contribution in [2.24, 2.45) is 0 Å². The normalized spacial score (nSPS) is 12.0. The Morgan fingerprint density at radius 3 is 2.00 bits per heavy atom.